The van der Waals surface area contributed by atoms with Gasteiger partial charge in [-0.05, 0) is 19.1 Å². The number of H-pyrrole nitrogens is 1. The van der Waals surface area contributed by atoms with Gasteiger partial charge in [-0.1, -0.05) is 6.07 Å². The van der Waals surface area contributed by atoms with E-state index in [1.807, 2.05) is 0 Å². The third kappa shape index (κ3) is 2.04. The summed E-state index contributed by atoms with van der Waals surface area (Å²) >= 11 is 0. The minimum Gasteiger partial charge on any atom is -0.508 e. The molecule has 1 aromatic heterocycles. The molecule has 1 aromatic carbocycles. The largest absolute Gasteiger partial charge is 0.508 e. The first-order chi connectivity index (χ1) is 8.43. The van der Waals surface area contributed by atoms with Gasteiger partial charge in [-0.3, -0.25) is 9.40 Å². The molecule has 0 spiro atoms. The molecule has 6 nitrogen and oxygen atoms in total. The molecule has 0 saturated carbocycles. The van der Waals surface area contributed by atoms with Gasteiger partial charge < -0.3 is 5.11 Å². The van der Waals surface area contributed by atoms with Crippen molar-refractivity contribution < 1.29 is 13.5 Å². The molecule has 0 aliphatic rings. The van der Waals surface area contributed by atoms with Gasteiger partial charge in [0.05, 0.1) is 17.6 Å². The lowest BCUT2D eigenvalue weighted by Crippen LogP contribution is -2.26. The van der Waals surface area contributed by atoms with Crippen LogP contribution >= 0.6 is 0 Å². The number of rotatable bonds is 3. The predicted octanol–water partition coefficient (Wildman–Crippen LogP) is 1.25. The number of benzene rings is 1. The molecule has 18 heavy (non-hydrogen) atoms. The number of aromatic amines is 1. The van der Waals surface area contributed by atoms with Crippen LogP contribution in [-0.2, 0) is 10.0 Å². The van der Waals surface area contributed by atoms with Gasteiger partial charge in [0.2, 0.25) is 0 Å². The van der Waals surface area contributed by atoms with Gasteiger partial charge in [0, 0.05) is 13.1 Å². The van der Waals surface area contributed by atoms with Crippen LogP contribution in [0.4, 0.5) is 5.69 Å². The van der Waals surface area contributed by atoms with Gasteiger partial charge in [0.15, 0.2) is 0 Å². The molecule has 1 heterocycles. The minimum absolute atomic E-state index is 0.0125. The summed E-state index contributed by atoms with van der Waals surface area (Å²) in [7, 11) is -2.24. The number of phenols is 1. The van der Waals surface area contributed by atoms with Gasteiger partial charge in [0.1, 0.15) is 10.6 Å². The maximum Gasteiger partial charge on any atom is 0.267 e. The summed E-state index contributed by atoms with van der Waals surface area (Å²) in [6.45, 7) is 1.64. The number of aromatic hydroxyl groups is 1. The Balaban J connectivity index is 2.46. The monoisotopic (exact) mass is 267 g/mol. The second kappa shape index (κ2) is 4.34. The molecular weight excluding hydrogens is 254 g/mol. The van der Waals surface area contributed by atoms with Crippen LogP contribution in [0, 0.1) is 6.92 Å². The summed E-state index contributed by atoms with van der Waals surface area (Å²) in [5, 5.41) is 15.7. The summed E-state index contributed by atoms with van der Waals surface area (Å²) in [6, 6.07) is 6.05. The summed E-state index contributed by atoms with van der Waals surface area (Å²) in [5.74, 6) is 0.0125. The summed E-state index contributed by atoms with van der Waals surface area (Å²) in [6.07, 6.45) is 1.27. The fraction of sp³-hybridized carbons (Fsp3) is 0.182. The molecular formula is C11H13N3O3S. The normalized spacial score (nSPS) is 11.4. The first-order valence-corrected chi connectivity index (χ1v) is 6.65. The van der Waals surface area contributed by atoms with Crippen LogP contribution in [0.3, 0.4) is 0 Å². The predicted molar refractivity (Wildman–Crippen MR) is 67.0 cm³/mol. The molecule has 0 radical (unpaired) electrons. The topological polar surface area (TPSA) is 86.3 Å². The number of aryl methyl sites for hydroxylation is 1. The van der Waals surface area contributed by atoms with Gasteiger partial charge in [0.25, 0.3) is 10.0 Å². The van der Waals surface area contributed by atoms with Crippen LogP contribution in [-0.4, -0.2) is 30.8 Å². The van der Waals surface area contributed by atoms with E-state index in [1.165, 1.54) is 25.4 Å². The van der Waals surface area contributed by atoms with Crippen molar-refractivity contribution in [1.82, 2.24) is 10.2 Å². The van der Waals surface area contributed by atoms with Crippen LogP contribution < -0.4 is 4.31 Å². The van der Waals surface area contributed by atoms with Crippen molar-refractivity contribution in [2.45, 2.75) is 11.8 Å². The molecule has 0 atom stereocenters. The Labute approximate surface area is 105 Å². The van der Waals surface area contributed by atoms with E-state index >= 15 is 0 Å². The summed E-state index contributed by atoms with van der Waals surface area (Å²) in [5.41, 5.74) is 0.859. The van der Waals surface area contributed by atoms with Gasteiger partial charge in [-0.2, -0.15) is 5.10 Å². The van der Waals surface area contributed by atoms with E-state index in [-0.39, 0.29) is 10.6 Å². The number of hydrogen-bond donors (Lipinski definition) is 2. The Kier molecular flexibility index (Phi) is 3.00. The molecule has 0 bridgehead atoms. The van der Waals surface area contributed by atoms with Crippen LogP contribution in [0.5, 0.6) is 5.75 Å². The maximum atomic E-state index is 12.3. The Morgan fingerprint density at radius 1 is 1.39 bits per heavy atom. The Morgan fingerprint density at radius 2 is 2.11 bits per heavy atom. The summed E-state index contributed by atoms with van der Waals surface area (Å²) < 4.78 is 25.7. The van der Waals surface area contributed by atoms with Gasteiger partial charge in [-0.25, -0.2) is 8.42 Å². The van der Waals surface area contributed by atoms with Crippen LogP contribution in [0.2, 0.25) is 0 Å². The quantitative estimate of drug-likeness (QED) is 0.876. The number of aromatic nitrogens is 2. The van der Waals surface area contributed by atoms with Crippen molar-refractivity contribution in [2.75, 3.05) is 11.4 Å². The van der Waals surface area contributed by atoms with Crippen molar-refractivity contribution in [3.05, 3.63) is 36.2 Å². The lowest BCUT2D eigenvalue weighted by Gasteiger charge is -2.19. The average molecular weight is 267 g/mol. The molecule has 7 heteroatoms. The fourth-order valence-electron chi connectivity index (χ4n) is 1.57. The van der Waals surface area contributed by atoms with Crippen molar-refractivity contribution in [2.24, 2.45) is 0 Å². The number of nitrogens with zero attached hydrogens (tertiary/aromatic N) is 2. The number of sulfonamides is 1. The van der Waals surface area contributed by atoms with E-state index in [4.69, 9.17) is 0 Å². The van der Waals surface area contributed by atoms with E-state index in [0.29, 0.717) is 11.4 Å². The molecule has 96 valence electrons. The third-order valence-corrected chi connectivity index (χ3v) is 4.51. The Hall–Kier alpha value is -2.02. The number of anilines is 1. The SMILES string of the molecule is Cc1[nH]ncc1S(=O)(=O)N(C)c1cccc(O)c1. The van der Waals surface area contributed by atoms with E-state index in [2.05, 4.69) is 10.2 Å². The highest BCUT2D eigenvalue weighted by Gasteiger charge is 2.24. The third-order valence-electron chi connectivity index (χ3n) is 2.62. The lowest BCUT2D eigenvalue weighted by atomic mass is 10.3. The molecule has 0 unspecified atom stereocenters. The van der Waals surface area contributed by atoms with Gasteiger partial charge >= 0.3 is 0 Å². The Morgan fingerprint density at radius 3 is 2.67 bits per heavy atom. The number of nitrogens with one attached hydrogen (secondary N) is 1. The zero-order chi connectivity index (χ0) is 13.3. The number of hydrogen-bond acceptors (Lipinski definition) is 4. The molecule has 0 aliphatic heterocycles. The number of phenolic OH excluding ortho intramolecular Hbond substituents is 1. The molecule has 0 aliphatic carbocycles. The van der Waals surface area contributed by atoms with Crippen LogP contribution in [0.15, 0.2) is 35.4 Å². The zero-order valence-electron chi connectivity index (χ0n) is 9.95. The molecule has 2 aromatic rings. The van der Waals surface area contributed by atoms with Crippen LogP contribution in [0.25, 0.3) is 0 Å². The van der Waals surface area contributed by atoms with Crippen molar-refractivity contribution >= 4 is 15.7 Å². The molecule has 0 saturated heterocycles. The highest BCUT2D eigenvalue weighted by Crippen LogP contribution is 2.25. The van der Waals surface area contributed by atoms with Crippen LogP contribution in [0.1, 0.15) is 5.69 Å². The highest BCUT2D eigenvalue weighted by molar-refractivity contribution is 7.92. The lowest BCUT2D eigenvalue weighted by molar-refractivity contribution is 0.475. The highest BCUT2D eigenvalue weighted by atomic mass is 32.2. The smallest absolute Gasteiger partial charge is 0.267 e. The first kappa shape index (κ1) is 12.4. The maximum absolute atomic E-state index is 12.3. The standard InChI is InChI=1S/C11H13N3O3S/c1-8-11(7-12-13-8)18(16,17)14(2)9-4-3-5-10(15)6-9/h3-7,15H,1-2H3,(H,12,13). The molecule has 0 amide bonds. The average Bonchev–Trinajstić information content (AvgIpc) is 2.75. The van der Waals surface area contributed by atoms with Crippen molar-refractivity contribution in [1.29, 1.82) is 0 Å². The van der Waals surface area contributed by atoms with E-state index in [9.17, 15) is 13.5 Å². The van der Waals surface area contributed by atoms with E-state index in [0.717, 1.165) is 4.31 Å². The Bertz CT molecular complexity index is 664. The van der Waals surface area contributed by atoms with Crippen molar-refractivity contribution in [3.8, 4) is 5.75 Å². The molecule has 2 rings (SSSR count). The van der Waals surface area contributed by atoms with E-state index < -0.39 is 10.0 Å². The molecule has 0 fully saturated rings. The summed E-state index contributed by atoms with van der Waals surface area (Å²) in [4.78, 5) is 0.119. The van der Waals surface area contributed by atoms with Crippen molar-refractivity contribution in [3.63, 3.8) is 0 Å². The second-order valence-electron chi connectivity index (χ2n) is 3.85. The second-order valence-corrected chi connectivity index (χ2v) is 5.79. The minimum atomic E-state index is -3.67. The first-order valence-electron chi connectivity index (χ1n) is 5.21. The molecule has 2 N–H and O–H groups in total. The van der Waals surface area contributed by atoms with Gasteiger partial charge in [-0.15, -0.1) is 0 Å². The fourth-order valence-corrected chi connectivity index (χ4v) is 2.88. The zero-order valence-corrected chi connectivity index (χ0v) is 10.8. The van der Waals surface area contributed by atoms with E-state index in [1.54, 1.807) is 19.1 Å².